The average molecular weight is 257 g/mol. The van der Waals surface area contributed by atoms with Crippen molar-refractivity contribution in [1.82, 2.24) is 4.98 Å². The van der Waals surface area contributed by atoms with E-state index in [0.717, 1.165) is 5.75 Å². The molecule has 1 heterocycles. The van der Waals surface area contributed by atoms with Crippen molar-refractivity contribution in [1.29, 1.82) is 0 Å². The second-order valence-electron chi connectivity index (χ2n) is 3.84. The Balaban J connectivity index is 2.01. The van der Waals surface area contributed by atoms with Crippen molar-refractivity contribution in [2.45, 2.75) is 13.5 Å². The molecule has 1 aromatic heterocycles. The van der Waals surface area contributed by atoms with E-state index in [2.05, 4.69) is 4.98 Å². The van der Waals surface area contributed by atoms with E-state index in [1.54, 1.807) is 19.1 Å². The molecule has 0 aliphatic carbocycles. The molecule has 2 aromatic rings. The van der Waals surface area contributed by atoms with Gasteiger partial charge >= 0.3 is 5.97 Å². The third-order valence-corrected chi connectivity index (χ3v) is 2.42. The molecule has 0 unspecified atom stereocenters. The first-order valence-corrected chi connectivity index (χ1v) is 6.10. The molecule has 1 aromatic carbocycles. The summed E-state index contributed by atoms with van der Waals surface area (Å²) in [4.78, 5) is 15.8. The molecule has 0 radical (unpaired) electrons. The number of esters is 1. The highest BCUT2D eigenvalue weighted by Crippen LogP contribution is 2.11. The Bertz CT molecular complexity index is 540. The van der Waals surface area contributed by atoms with Crippen LogP contribution in [0.25, 0.3) is 0 Å². The van der Waals surface area contributed by atoms with Gasteiger partial charge in [0.25, 0.3) is 0 Å². The topological polar surface area (TPSA) is 48.4 Å². The van der Waals surface area contributed by atoms with Crippen molar-refractivity contribution in [2.24, 2.45) is 0 Å². The number of pyridine rings is 1. The molecule has 2 rings (SSSR count). The van der Waals surface area contributed by atoms with E-state index >= 15 is 0 Å². The van der Waals surface area contributed by atoms with Crippen LogP contribution in [0.15, 0.2) is 48.5 Å². The van der Waals surface area contributed by atoms with Gasteiger partial charge in [-0.25, -0.2) is 9.78 Å². The summed E-state index contributed by atoms with van der Waals surface area (Å²) in [6.07, 6.45) is 0. The summed E-state index contributed by atoms with van der Waals surface area (Å²) < 4.78 is 10.5. The zero-order valence-corrected chi connectivity index (χ0v) is 10.7. The van der Waals surface area contributed by atoms with Gasteiger partial charge in [-0.3, -0.25) is 0 Å². The van der Waals surface area contributed by atoms with Crippen molar-refractivity contribution < 1.29 is 14.3 Å². The number of para-hydroxylation sites is 1. The summed E-state index contributed by atoms with van der Waals surface area (Å²) in [5.74, 6) is 0.356. The standard InChI is InChI=1S/C15H15NO3/c1-2-18-15(17)14-10-6-7-12(16-14)11-19-13-8-4-3-5-9-13/h3-10H,2,11H2,1H3. The number of nitrogens with zero attached hydrogens (tertiary/aromatic N) is 1. The van der Waals surface area contributed by atoms with Gasteiger partial charge in [0, 0.05) is 0 Å². The Morgan fingerprint density at radius 3 is 2.63 bits per heavy atom. The van der Waals surface area contributed by atoms with Gasteiger partial charge < -0.3 is 9.47 Å². The molecule has 0 bridgehead atoms. The van der Waals surface area contributed by atoms with Crippen molar-refractivity contribution in [3.63, 3.8) is 0 Å². The maximum Gasteiger partial charge on any atom is 0.356 e. The summed E-state index contributed by atoms with van der Waals surface area (Å²) >= 11 is 0. The van der Waals surface area contributed by atoms with Gasteiger partial charge in [-0.2, -0.15) is 0 Å². The molecule has 19 heavy (non-hydrogen) atoms. The third kappa shape index (κ3) is 3.81. The van der Waals surface area contributed by atoms with E-state index in [1.165, 1.54) is 0 Å². The minimum Gasteiger partial charge on any atom is -0.487 e. The molecule has 0 aliphatic heterocycles. The summed E-state index contributed by atoms with van der Waals surface area (Å²) in [7, 11) is 0. The van der Waals surface area contributed by atoms with E-state index in [-0.39, 0.29) is 0 Å². The van der Waals surface area contributed by atoms with E-state index in [9.17, 15) is 4.79 Å². The van der Waals surface area contributed by atoms with Crippen LogP contribution in [0.3, 0.4) is 0 Å². The van der Waals surface area contributed by atoms with Crippen molar-refractivity contribution in [2.75, 3.05) is 6.61 Å². The van der Waals surface area contributed by atoms with Crippen LogP contribution in [0.1, 0.15) is 23.1 Å². The first kappa shape index (κ1) is 13.1. The first-order valence-electron chi connectivity index (χ1n) is 6.10. The fraction of sp³-hybridized carbons (Fsp3) is 0.200. The molecule has 0 spiro atoms. The summed E-state index contributed by atoms with van der Waals surface area (Å²) in [6, 6.07) is 14.7. The number of aromatic nitrogens is 1. The van der Waals surface area contributed by atoms with Gasteiger partial charge in [0.05, 0.1) is 12.3 Å². The van der Waals surface area contributed by atoms with Crippen LogP contribution in [-0.2, 0) is 11.3 Å². The second-order valence-corrected chi connectivity index (χ2v) is 3.84. The van der Waals surface area contributed by atoms with E-state index in [1.807, 2.05) is 36.4 Å². The smallest absolute Gasteiger partial charge is 0.356 e. The quantitative estimate of drug-likeness (QED) is 0.773. The number of benzene rings is 1. The Morgan fingerprint density at radius 2 is 1.89 bits per heavy atom. The van der Waals surface area contributed by atoms with Crippen LogP contribution in [0.2, 0.25) is 0 Å². The lowest BCUT2D eigenvalue weighted by molar-refractivity contribution is 0.0519. The Kier molecular flexibility index (Phi) is 4.50. The van der Waals surface area contributed by atoms with Gasteiger partial charge in [-0.1, -0.05) is 24.3 Å². The predicted molar refractivity (Wildman–Crippen MR) is 71.0 cm³/mol. The lowest BCUT2D eigenvalue weighted by Gasteiger charge is -2.06. The first-order chi connectivity index (χ1) is 9.29. The summed E-state index contributed by atoms with van der Waals surface area (Å²) in [5, 5.41) is 0. The minimum absolute atomic E-state index is 0.302. The predicted octanol–water partition coefficient (Wildman–Crippen LogP) is 2.84. The zero-order valence-electron chi connectivity index (χ0n) is 10.7. The Morgan fingerprint density at radius 1 is 1.11 bits per heavy atom. The normalized spacial score (nSPS) is 9.95. The van der Waals surface area contributed by atoms with Crippen LogP contribution in [0.5, 0.6) is 5.75 Å². The fourth-order valence-electron chi connectivity index (χ4n) is 1.55. The van der Waals surface area contributed by atoms with Crippen molar-refractivity contribution in [3.8, 4) is 5.75 Å². The van der Waals surface area contributed by atoms with E-state index in [0.29, 0.717) is 24.6 Å². The highest BCUT2D eigenvalue weighted by Gasteiger charge is 2.08. The highest BCUT2D eigenvalue weighted by atomic mass is 16.5. The number of carbonyl (C=O) groups excluding carboxylic acids is 1. The number of hydrogen-bond acceptors (Lipinski definition) is 4. The Labute approximate surface area is 112 Å². The maximum absolute atomic E-state index is 11.5. The molecule has 0 saturated heterocycles. The van der Waals surface area contributed by atoms with Crippen LogP contribution in [0, 0.1) is 0 Å². The zero-order chi connectivity index (χ0) is 13.5. The van der Waals surface area contributed by atoms with Gasteiger partial charge in [0.15, 0.2) is 0 Å². The number of ether oxygens (including phenoxy) is 2. The monoisotopic (exact) mass is 257 g/mol. The van der Waals surface area contributed by atoms with Crippen LogP contribution in [-0.4, -0.2) is 17.6 Å². The molecule has 0 amide bonds. The highest BCUT2D eigenvalue weighted by molar-refractivity contribution is 5.87. The molecule has 4 nitrogen and oxygen atoms in total. The molecule has 98 valence electrons. The molecule has 4 heteroatoms. The van der Waals surface area contributed by atoms with Crippen LogP contribution >= 0.6 is 0 Å². The lowest BCUT2D eigenvalue weighted by Crippen LogP contribution is -2.09. The molecule has 0 aliphatic rings. The van der Waals surface area contributed by atoms with E-state index < -0.39 is 5.97 Å². The van der Waals surface area contributed by atoms with Crippen LogP contribution in [0.4, 0.5) is 0 Å². The number of carbonyl (C=O) groups is 1. The molecular formula is C15H15NO3. The summed E-state index contributed by atoms with van der Waals surface area (Å²) in [6.45, 7) is 2.42. The third-order valence-electron chi connectivity index (χ3n) is 2.42. The largest absolute Gasteiger partial charge is 0.487 e. The average Bonchev–Trinajstić information content (AvgIpc) is 2.47. The molecule has 0 fully saturated rings. The number of rotatable bonds is 5. The van der Waals surface area contributed by atoms with Crippen molar-refractivity contribution in [3.05, 3.63) is 59.9 Å². The van der Waals surface area contributed by atoms with Gasteiger partial charge in [0.1, 0.15) is 18.1 Å². The minimum atomic E-state index is -0.413. The molecule has 0 atom stereocenters. The molecule has 0 saturated carbocycles. The van der Waals surface area contributed by atoms with Crippen LogP contribution < -0.4 is 4.74 Å². The van der Waals surface area contributed by atoms with E-state index in [4.69, 9.17) is 9.47 Å². The lowest BCUT2D eigenvalue weighted by atomic mass is 10.3. The second kappa shape index (κ2) is 6.54. The van der Waals surface area contributed by atoms with Gasteiger partial charge in [-0.05, 0) is 31.2 Å². The fourth-order valence-corrected chi connectivity index (χ4v) is 1.55. The number of hydrogen-bond donors (Lipinski definition) is 0. The molecule has 0 N–H and O–H groups in total. The SMILES string of the molecule is CCOC(=O)c1cccc(COc2ccccc2)n1. The van der Waals surface area contributed by atoms with Crippen molar-refractivity contribution >= 4 is 5.97 Å². The maximum atomic E-state index is 11.5. The molecular weight excluding hydrogens is 242 g/mol. The summed E-state index contributed by atoms with van der Waals surface area (Å²) in [5.41, 5.74) is 0.991. The Hall–Kier alpha value is -2.36. The van der Waals surface area contributed by atoms with Gasteiger partial charge in [-0.15, -0.1) is 0 Å². The van der Waals surface area contributed by atoms with Gasteiger partial charge in [0.2, 0.25) is 0 Å².